The lowest BCUT2D eigenvalue weighted by Gasteiger charge is -2.21. The van der Waals surface area contributed by atoms with Crippen LogP contribution in [0.3, 0.4) is 0 Å². The number of anilines is 1. The number of nitrogens with one attached hydrogen (secondary N) is 1. The Labute approximate surface area is 111 Å². The van der Waals surface area contributed by atoms with Crippen molar-refractivity contribution in [2.24, 2.45) is 0 Å². The molecular formula is C12H17N3O4. The number of aliphatic hydroxyl groups excluding tert-OH is 1. The molecule has 0 heterocycles. The summed E-state index contributed by atoms with van der Waals surface area (Å²) in [6.45, 7) is 2.25. The first-order valence-corrected chi connectivity index (χ1v) is 5.92. The van der Waals surface area contributed by atoms with Gasteiger partial charge < -0.3 is 15.3 Å². The van der Waals surface area contributed by atoms with Gasteiger partial charge in [0.05, 0.1) is 17.1 Å². The van der Waals surface area contributed by atoms with E-state index in [1.165, 1.54) is 30.1 Å². The molecule has 19 heavy (non-hydrogen) atoms. The van der Waals surface area contributed by atoms with Crippen molar-refractivity contribution in [1.82, 2.24) is 4.90 Å². The van der Waals surface area contributed by atoms with Crippen molar-refractivity contribution in [2.75, 3.05) is 32.1 Å². The molecule has 0 bridgehead atoms. The number of nitrogens with zero attached hydrogens (tertiary/aromatic N) is 2. The van der Waals surface area contributed by atoms with E-state index in [-0.39, 0.29) is 36.0 Å². The van der Waals surface area contributed by atoms with E-state index < -0.39 is 4.92 Å². The summed E-state index contributed by atoms with van der Waals surface area (Å²) in [4.78, 5) is 24.1. The first kappa shape index (κ1) is 14.9. The van der Waals surface area contributed by atoms with Crippen molar-refractivity contribution < 1.29 is 14.8 Å². The van der Waals surface area contributed by atoms with Crippen LogP contribution in [0.4, 0.5) is 11.4 Å². The van der Waals surface area contributed by atoms with Gasteiger partial charge in [-0.1, -0.05) is 6.07 Å². The fourth-order valence-electron chi connectivity index (χ4n) is 1.83. The van der Waals surface area contributed by atoms with E-state index in [9.17, 15) is 14.9 Å². The summed E-state index contributed by atoms with van der Waals surface area (Å²) < 4.78 is 0. The number of likely N-dealkylation sites (N-methyl/N-ethyl adjacent to an activating group) is 1. The molecule has 0 atom stereocenters. The zero-order valence-corrected chi connectivity index (χ0v) is 10.9. The Kier molecular flexibility index (Phi) is 5.25. The molecular weight excluding hydrogens is 250 g/mol. The second-order valence-electron chi connectivity index (χ2n) is 3.82. The highest BCUT2D eigenvalue weighted by atomic mass is 16.6. The van der Waals surface area contributed by atoms with Gasteiger partial charge >= 0.3 is 0 Å². The Morgan fingerprint density at radius 3 is 2.68 bits per heavy atom. The van der Waals surface area contributed by atoms with Crippen LogP contribution in [0.2, 0.25) is 0 Å². The van der Waals surface area contributed by atoms with E-state index in [1.54, 1.807) is 6.92 Å². The number of carbonyl (C=O) groups excluding carboxylic acids is 1. The zero-order valence-electron chi connectivity index (χ0n) is 10.9. The quantitative estimate of drug-likeness (QED) is 0.594. The zero-order chi connectivity index (χ0) is 14.4. The second-order valence-corrected chi connectivity index (χ2v) is 3.82. The van der Waals surface area contributed by atoms with Gasteiger partial charge in [0, 0.05) is 26.2 Å². The molecule has 0 aliphatic carbocycles. The number of rotatable bonds is 6. The Balaban J connectivity index is 3.22. The van der Waals surface area contributed by atoms with Gasteiger partial charge in [-0.15, -0.1) is 0 Å². The Morgan fingerprint density at radius 1 is 1.53 bits per heavy atom. The molecule has 7 heteroatoms. The molecule has 1 rings (SSSR count). The van der Waals surface area contributed by atoms with Gasteiger partial charge in [0.2, 0.25) is 0 Å². The summed E-state index contributed by atoms with van der Waals surface area (Å²) in [6.07, 6.45) is 0. The maximum atomic E-state index is 12.3. The Morgan fingerprint density at radius 2 is 2.21 bits per heavy atom. The smallest absolute Gasteiger partial charge is 0.293 e. The largest absolute Gasteiger partial charge is 0.395 e. The van der Waals surface area contributed by atoms with Gasteiger partial charge in [-0.3, -0.25) is 14.9 Å². The maximum Gasteiger partial charge on any atom is 0.293 e. The van der Waals surface area contributed by atoms with Gasteiger partial charge in [-0.2, -0.15) is 0 Å². The summed E-state index contributed by atoms with van der Waals surface area (Å²) in [5.41, 5.74) is 0.272. The maximum absolute atomic E-state index is 12.3. The average molecular weight is 267 g/mol. The number of benzene rings is 1. The first-order chi connectivity index (χ1) is 9.06. The predicted octanol–water partition coefficient (Wildman–Crippen LogP) is 1.09. The Hall–Kier alpha value is -2.15. The molecule has 0 spiro atoms. The Bertz CT molecular complexity index is 476. The normalized spacial score (nSPS) is 10.1. The summed E-state index contributed by atoms with van der Waals surface area (Å²) in [5.74, 6) is -0.343. The van der Waals surface area contributed by atoms with Crippen LogP contribution < -0.4 is 5.32 Å². The third-order valence-corrected chi connectivity index (χ3v) is 2.76. The third kappa shape index (κ3) is 3.19. The number of para-hydroxylation sites is 1. The van der Waals surface area contributed by atoms with E-state index in [4.69, 9.17) is 5.11 Å². The highest BCUT2D eigenvalue weighted by molar-refractivity contribution is 6.01. The van der Waals surface area contributed by atoms with Crippen molar-refractivity contribution in [2.45, 2.75) is 6.92 Å². The lowest BCUT2D eigenvalue weighted by molar-refractivity contribution is -0.384. The molecule has 104 valence electrons. The molecule has 2 N–H and O–H groups in total. The summed E-state index contributed by atoms with van der Waals surface area (Å²) in [7, 11) is 1.53. The van der Waals surface area contributed by atoms with Gasteiger partial charge in [-0.05, 0) is 13.0 Å². The molecule has 1 aromatic carbocycles. The molecule has 0 saturated carbocycles. The van der Waals surface area contributed by atoms with Gasteiger partial charge in [0.1, 0.15) is 5.69 Å². The van der Waals surface area contributed by atoms with Crippen LogP contribution in [0.25, 0.3) is 0 Å². The molecule has 0 unspecified atom stereocenters. The van der Waals surface area contributed by atoms with Crippen molar-refractivity contribution in [3.05, 3.63) is 33.9 Å². The fourth-order valence-corrected chi connectivity index (χ4v) is 1.83. The van der Waals surface area contributed by atoms with Crippen molar-refractivity contribution >= 4 is 17.3 Å². The molecule has 0 aliphatic rings. The van der Waals surface area contributed by atoms with Gasteiger partial charge in [0.25, 0.3) is 11.6 Å². The number of nitro benzene ring substituents is 1. The van der Waals surface area contributed by atoms with E-state index in [2.05, 4.69) is 5.32 Å². The van der Waals surface area contributed by atoms with E-state index in [0.717, 1.165) is 0 Å². The topological polar surface area (TPSA) is 95.7 Å². The molecule has 0 radical (unpaired) electrons. The molecule has 0 aliphatic heterocycles. The monoisotopic (exact) mass is 267 g/mol. The fraction of sp³-hybridized carbons (Fsp3) is 0.417. The van der Waals surface area contributed by atoms with Crippen LogP contribution in [0.15, 0.2) is 18.2 Å². The van der Waals surface area contributed by atoms with E-state index in [0.29, 0.717) is 6.54 Å². The summed E-state index contributed by atoms with van der Waals surface area (Å²) >= 11 is 0. The van der Waals surface area contributed by atoms with Crippen LogP contribution in [-0.4, -0.2) is 47.6 Å². The minimum atomic E-state index is -0.537. The molecule has 0 aromatic heterocycles. The van der Waals surface area contributed by atoms with Crippen molar-refractivity contribution in [1.29, 1.82) is 0 Å². The number of hydrogen-bond donors (Lipinski definition) is 2. The lowest BCUT2D eigenvalue weighted by Crippen LogP contribution is -2.33. The number of aliphatic hydroxyl groups is 1. The van der Waals surface area contributed by atoms with E-state index in [1.807, 2.05) is 0 Å². The highest BCUT2D eigenvalue weighted by Crippen LogP contribution is 2.28. The number of amides is 1. The first-order valence-electron chi connectivity index (χ1n) is 5.92. The van der Waals surface area contributed by atoms with Crippen molar-refractivity contribution in [3.63, 3.8) is 0 Å². The van der Waals surface area contributed by atoms with Gasteiger partial charge in [-0.25, -0.2) is 0 Å². The van der Waals surface area contributed by atoms with Crippen LogP contribution in [0, 0.1) is 10.1 Å². The molecule has 1 amide bonds. The minimum Gasteiger partial charge on any atom is -0.395 e. The lowest BCUT2D eigenvalue weighted by atomic mass is 10.1. The van der Waals surface area contributed by atoms with E-state index >= 15 is 0 Å². The second kappa shape index (κ2) is 6.69. The van der Waals surface area contributed by atoms with Crippen LogP contribution in [0.5, 0.6) is 0 Å². The van der Waals surface area contributed by atoms with Crippen LogP contribution in [-0.2, 0) is 0 Å². The minimum absolute atomic E-state index is 0.145. The SMILES string of the molecule is CCN(CCO)C(=O)c1cccc([N+](=O)[O-])c1NC. The van der Waals surface area contributed by atoms with Crippen LogP contribution in [0.1, 0.15) is 17.3 Å². The predicted molar refractivity (Wildman–Crippen MR) is 71.3 cm³/mol. The average Bonchev–Trinajstić information content (AvgIpc) is 2.42. The van der Waals surface area contributed by atoms with Crippen molar-refractivity contribution in [3.8, 4) is 0 Å². The third-order valence-electron chi connectivity index (χ3n) is 2.76. The summed E-state index contributed by atoms with van der Waals surface area (Å²) in [6, 6.07) is 4.34. The summed E-state index contributed by atoms with van der Waals surface area (Å²) in [5, 5.41) is 22.5. The standard InChI is InChI=1S/C12H17N3O4/c1-3-14(7-8-16)12(17)9-5-4-6-10(15(18)19)11(9)13-2/h4-6,13,16H,3,7-8H2,1-2H3. The number of nitro groups is 1. The molecule has 0 saturated heterocycles. The van der Waals surface area contributed by atoms with Gasteiger partial charge in [0.15, 0.2) is 0 Å². The number of hydrogen-bond acceptors (Lipinski definition) is 5. The van der Waals surface area contributed by atoms with Crippen LogP contribution >= 0.6 is 0 Å². The number of carbonyl (C=O) groups is 1. The molecule has 7 nitrogen and oxygen atoms in total. The highest BCUT2D eigenvalue weighted by Gasteiger charge is 2.23. The molecule has 1 aromatic rings. The molecule has 0 fully saturated rings.